The second-order valence-electron chi connectivity index (χ2n) is 12.8. The summed E-state index contributed by atoms with van der Waals surface area (Å²) in [6, 6.07) is 1.52. The number of H-pyrrole nitrogens is 1. The van der Waals surface area contributed by atoms with Crippen LogP contribution in [0.25, 0.3) is 0 Å². The number of fused-ring (bicyclic) bond motifs is 5. The number of aromatic amines is 1. The van der Waals surface area contributed by atoms with E-state index in [1.807, 2.05) is 0 Å². The van der Waals surface area contributed by atoms with Crippen molar-refractivity contribution < 1.29 is 9.59 Å². The summed E-state index contributed by atoms with van der Waals surface area (Å²) < 4.78 is 0. The molecule has 4 unspecified atom stereocenters. The average Bonchev–Trinajstić information content (AvgIpc) is 3.19. The zero-order valence-electron chi connectivity index (χ0n) is 21.4. The molecule has 5 rings (SSSR count). The minimum Gasteiger partial charge on any atom is -0.328 e. The monoisotopic (exact) mass is 465 g/mol. The first kappa shape index (κ1) is 24.0. The van der Waals surface area contributed by atoms with Crippen LogP contribution in [-0.2, 0) is 0 Å². The van der Waals surface area contributed by atoms with Gasteiger partial charge in [0.05, 0.1) is 5.56 Å². The second kappa shape index (κ2) is 9.06. The molecular weight excluding hydrogens is 422 g/mol. The molecule has 0 aromatic carbocycles. The van der Waals surface area contributed by atoms with Gasteiger partial charge in [0.25, 0.3) is 5.56 Å². The van der Waals surface area contributed by atoms with E-state index in [9.17, 15) is 14.4 Å². The van der Waals surface area contributed by atoms with Gasteiger partial charge in [-0.25, -0.2) is 0 Å². The molecule has 186 valence electrons. The van der Waals surface area contributed by atoms with Crippen molar-refractivity contribution in [1.82, 2.24) is 4.98 Å². The fourth-order valence-corrected chi connectivity index (χ4v) is 9.83. The van der Waals surface area contributed by atoms with Crippen molar-refractivity contribution in [3.8, 4) is 0 Å². The predicted octanol–water partition coefficient (Wildman–Crippen LogP) is 6.84. The largest absolute Gasteiger partial charge is 0.328 e. The van der Waals surface area contributed by atoms with E-state index in [0.29, 0.717) is 35.4 Å². The Morgan fingerprint density at radius 1 is 1.06 bits per heavy atom. The quantitative estimate of drug-likeness (QED) is 0.369. The van der Waals surface area contributed by atoms with Gasteiger partial charge in [-0.2, -0.15) is 0 Å². The fraction of sp³-hybridized carbons (Fsp3) is 0.767. The Morgan fingerprint density at radius 2 is 1.85 bits per heavy atom. The molecule has 1 N–H and O–H groups in total. The molecule has 8 atom stereocenters. The fourth-order valence-electron chi connectivity index (χ4n) is 9.83. The van der Waals surface area contributed by atoms with Gasteiger partial charge in [-0.1, -0.05) is 33.6 Å². The first-order valence-corrected chi connectivity index (χ1v) is 14.0. The van der Waals surface area contributed by atoms with E-state index in [0.717, 1.165) is 30.1 Å². The number of rotatable bonds is 6. The van der Waals surface area contributed by atoms with Gasteiger partial charge in [0.2, 0.25) is 0 Å². The lowest BCUT2D eigenvalue weighted by atomic mass is 9.44. The Kier molecular flexibility index (Phi) is 6.40. The molecule has 1 aromatic rings. The molecule has 4 aliphatic carbocycles. The normalized spacial score (nSPS) is 40.0. The highest BCUT2D eigenvalue weighted by atomic mass is 16.1. The van der Waals surface area contributed by atoms with Crippen molar-refractivity contribution in [3.05, 3.63) is 33.7 Å². The average molecular weight is 466 g/mol. The molecule has 0 radical (unpaired) electrons. The van der Waals surface area contributed by atoms with Crippen LogP contribution in [0, 0.1) is 46.3 Å². The Morgan fingerprint density at radius 3 is 2.65 bits per heavy atom. The van der Waals surface area contributed by atoms with Gasteiger partial charge in [0.15, 0.2) is 12.1 Å². The van der Waals surface area contributed by atoms with E-state index >= 15 is 0 Å². The number of aldehydes is 1. The Labute approximate surface area is 204 Å². The molecule has 0 bridgehead atoms. The third-order valence-electron chi connectivity index (χ3n) is 11.6. The topological polar surface area (TPSA) is 67.0 Å². The molecule has 4 saturated carbocycles. The van der Waals surface area contributed by atoms with Gasteiger partial charge in [-0.15, -0.1) is 0 Å². The van der Waals surface area contributed by atoms with E-state index in [2.05, 4.69) is 25.8 Å². The van der Waals surface area contributed by atoms with Gasteiger partial charge >= 0.3 is 0 Å². The molecule has 0 saturated heterocycles. The number of Topliss-reactive ketones (excluding diaryl/α,β-unsaturated/α-hetero) is 1. The summed E-state index contributed by atoms with van der Waals surface area (Å²) in [6.45, 7) is 7.55. The summed E-state index contributed by atoms with van der Waals surface area (Å²) in [5.74, 6) is 4.55. The van der Waals surface area contributed by atoms with Crippen molar-refractivity contribution >= 4 is 12.1 Å². The molecule has 4 heteroatoms. The number of ketones is 1. The number of nitrogens with one attached hydrogen (secondary N) is 1. The van der Waals surface area contributed by atoms with Crippen molar-refractivity contribution in [2.45, 2.75) is 97.8 Å². The van der Waals surface area contributed by atoms with Gasteiger partial charge in [-0.3, -0.25) is 14.4 Å². The third kappa shape index (κ3) is 3.75. The maximum Gasteiger partial charge on any atom is 0.259 e. The van der Waals surface area contributed by atoms with E-state index in [-0.39, 0.29) is 16.9 Å². The van der Waals surface area contributed by atoms with Gasteiger partial charge in [0.1, 0.15) is 0 Å². The standard InChI is InChI=1S/C30H43NO3/c1-19(7-12-26(33)27-20(18-32)14-17-31-28(27)34)23-10-11-24-22-9-8-21-6-4-5-15-29(21,2)25(22)13-16-30(23,24)3/h14,17-19,21-25H,4-13,15-16H2,1-3H3,(H,31,34)/t19-,21?,22?,23-,24?,25?,29+,30-/m1/s1. The maximum absolute atomic E-state index is 12.9. The molecule has 4 aliphatic rings. The molecule has 0 aliphatic heterocycles. The van der Waals surface area contributed by atoms with Gasteiger partial charge in [0, 0.05) is 18.2 Å². The molecule has 1 heterocycles. The second-order valence-corrected chi connectivity index (χ2v) is 12.8. The number of hydrogen-bond acceptors (Lipinski definition) is 3. The lowest BCUT2D eigenvalue weighted by Crippen LogP contribution is -2.53. The Hall–Kier alpha value is -1.71. The summed E-state index contributed by atoms with van der Waals surface area (Å²) in [7, 11) is 0. The summed E-state index contributed by atoms with van der Waals surface area (Å²) in [5, 5.41) is 0. The molecule has 0 amide bonds. The Balaban J connectivity index is 1.28. The van der Waals surface area contributed by atoms with Crippen LogP contribution in [-0.4, -0.2) is 17.1 Å². The molecule has 4 nitrogen and oxygen atoms in total. The van der Waals surface area contributed by atoms with Crippen molar-refractivity contribution in [1.29, 1.82) is 0 Å². The van der Waals surface area contributed by atoms with Crippen LogP contribution < -0.4 is 5.56 Å². The molecule has 1 aromatic heterocycles. The molecule has 34 heavy (non-hydrogen) atoms. The molecular formula is C30H43NO3. The minimum atomic E-state index is -0.444. The smallest absolute Gasteiger partial charge is 0.259 e. The van der Waals surface area contributed by atoms with Crippen LogP contribution in [0.15, 0.2) is 17.1 Å². The lowest BCUT2D eigenvalue weighted by Gasteiger charge is -2.61. The first-order chi connectivity index (χ1) is 16.3. The van der Waals surface area contributed by atoms with Crippen LogP contribution in [0.3, 0.4) is 0 Å². The van der Waals surface area contributed by atoms with Crippen LogP contribution in [0.1, 0.15) is 119 Å². The SMILES string of the molecule is C[C@H](CCC(=O)c1c(C=O)cc[nH]c1=O)[C@H]1CCC2C3CCC4CCCC[C@]4(C)C3CC[C@@]21C. The highest BCUT2D eigenvalue weighted by Crippen LogP contribution is 2.68. The lowest BCUT2D eigenvalue weighted by molar-refractivity contribution is -0.114. The summed E-state index contributed by atoms with van der Waals surface area (Å²) in [5.41, 5.74) is 0.773. The van der Waals surface area contributed by atoms with Crippen LogP contribution in [0.5, 0.6) is 0 Å². The summed E-state index contributed by atoms with van der Waals surface area (Å²) in [4.78, 5) is 39.0. The van der Waals surface area contributed by atoms with Crippen molar-refractivity contribution in [3.63, 3.8) is 0 Å². The first-order valence-electron chi connectivity index (χ1n) is 14.0. The maximum atomic E-state index is 12.9. The van der Waals surface area contributed by atoms with Crippen molar-refractivity contribution in [2.75, 3.05) is 0 Å². The zero-order valence-corrected chi connectivity index (χ0v) is 21.4. The number of carbonyl (C=O) groups excluding carboxylic acids is 2. The number of hydrogen-bond donors (Lipinski definition) is 1. The van der Waals surface area contributed by atoms with E-state index < -0.39 is 5.56 Å². The highest BCUT2D eigenvalue weighted by Gasteiger charge is 2.60. The van der Waals surface area contributed by atoms with Gasteiger partial charge in [-0.05, 0) is 110 Å². The van der Waals surface area contributed by atoms with E-state index in [1.165, 1.54) is 76.5 Å². The summed E-state index contributed by atoms with van der Waals surface area (Å²) in [6.07, 6.45) is 17.3. The van der Waals surface area contributed by atoms with E-state index in [1.54, 1.807) is 0 Å². The van der Waals surface area contributed by atoms with Crippen LogP contribution in [0.2, 0.25) is 0 Å². The summed E-state index contributed by atoms with van der Waals surface area (Å²) >= 11 is 0. The predicted molar refractivity (Wildman–Crippen MR) is 135 cm³/mol. The van der Waals surface area contributed by atoms with Gasteiger partial charge < -0.3 is 4.98 Å². The number of aromatic nitrogens is 1. The number of carbonyl (C=O) groups is 2. The Bertz CT molecular complexity index is 997. The third-order valence-corrected chi connectivity index (χ3v) is 11.6. The molecule has 0 spiro atoms. The van der Waals surface area contributed by atoms with Crippen molar-refractivity contribution in [2.24, 2.45) is 46.3 Å². The van der Waals surface area contributed by atoms with Crippen LogP contribution >= 0.6 is 0 Å². The zero-order chi connectivity index (χ0) is 24.1. The minimum absolute atomic E-state index is 0.0400. The van der Waals surface area contributed by atoms with E-state index in [4.69, 9.17) is 0 Å². The van der Waals surface area contributed by atoms with Crippen LogP contribution in [0.4, 0.5) is 0 Å². The number of pyridine rings is 1. The highest BCUT2D eigenvalue weighted by molar-refractivity contribution is 6.02. The molecule has 4 fully saturated rings.